The van der Waals surface area contributed by atoms with Crippen molar-refractivity contribution in [3.05, 3.63) is 47.0 Å². The predicted octanol–water partition coefficient (Wildman–Crippen LogP) is -3.62. The lowest BCUT2D eigenvalue weighted by Gasteiger charge is -2.11. The molecule has 2 heterocycles. The van der Waals surface area contributed by atoms with E-state index in [1.807, 2.05) is 21.7 Å². The zero-order chi connectivity index (χ0) is 27.9. The smallest absolute Gasteiger partial charge is 0.283 e. The van der Waals surface area contributed by atoms with Gasteiger partial charge < -0.3 is 18.9 Å². The fourth-order valence-corrected chi connectivity index (χ4v) is 2.70. The molecule has 38 heavy (non-hydrogen) atoms. The number of hydrazine groups is 4. The minimum atomic E-state index is -0.717. The summed E-state index contributed by atoms with van der Waals surface area (Å²) in [6.07, 6.45) is 0. The van der Waals surface area contributed by atoms with Crippen LogP contribution in [0.15, 0.2) is 24.3 Å². The van der Waals surface area contributed by atoms with E-state index in [1.54, 1.807) is 0 Å². The first-order valence-corrected chi connectivity index (χ1v) is 10.8. The summed E-state index contributed by atoms with van der Waals surface area (Å²) in [5, 5.41) is 0. The molecule has 0 aliphatic heterocycles. The highest BCUT2D eigenvalue weighted by Crippen LogP contribution is 2.16. The number of hydrogen-bond acceptors (Lipinski definition) is 14. The maximum atomic E-state index is 11.7. The summed E-state index contributed by atoms with van der Waals surface area (Å²) in [6.45, 7) is 1.01. The van der Waals surface area contributed by atoms with E-state index in [-0.39, 0.29) is 73.9 Å². The Morgan fingerprint density at radius 1 is 0.526 bits per heavy atom. The van der Waals surface area contributed by atoms with Crippen LogP contribution in [0.1, 0.15) is 42.0 Å². The maximum absolute atomic E-state index is 11.7. The number of aromatic nitrogens is 2. The predicted molar refractivity (Wildman–Crippen MR) is 128 cm³/mol. The van der Waals surface area contributed by atoms with Crippen molar-refractivity contribution in [3.8, 4) is 11.5 Å². The van der Waals surface area contributed by atoms with Gasteiger partial charge in [0, 0.05) is 24.3 Å². The molecule has 4 amide bonds. The summed E-state index contributed by atoms with van der Waals surface area (Å²) < 4.78 is 21.8. The van der Waals surface area contributed by atoms with E-state index in [2.05, 4.69) is 9.97 Å². The van der Waals surface area contributed by atoms with Gasteiger partial charge >= 0.3 is 0 Å². The third-order valence-electron chi connectivity index (χ3n) is 4.42. The minimum Gasteiger partial charge on any atom is -0.491 e. The molecule has 0 saturated carbocycles. The summed E-state index contributed by atoms with van der Waals surface area (Å²) in [5.41, 5.74) is 7.12. The van der Waals surface area contributed by atoms with E-state index in [0.717, 1.165) is 0 Å². The zero-order valence-corrected chi connectivity index (χ0v) is 20.0. The number of pyridine rings is 2. The molecule has 0 unspecified atom stereocenters. The number of amides is 4. The van der Waals surface area contributed by atoms with Crippen LogP contribution in [0.5, 0.6) is 11.5 Å². The normalized spacial score (nSPS) is 10.3. The van der Waals surface area contributed by atoms with Crippen molar-refractivity contribution >= 4 is 23.6 Å². The zero-order valence-electron chi connectivity index (χ0n) is 20.0. The van der Waals surface area contributed by atoms with Gasteiger partial charge in [-0.05, 0) is 0 Å². The number of nitrogens with zero attached hydrogens (tertiary/aromatic N) is 2. The summed E-state index contributed by atoms with van der Waals surface area (Å²) in [6, 6.07) is 5.22. The lowest BCUT2D eigenvalue weighted by molar-refractivity contribution is 0.0273. The average molecular weight is 537 g/mol. The van der Waals surface area contributed by atoms with Crippen LogP contribution in [0.25, 0.3) is 0 Å². The van der Waals surface area contributed by atoms with E-state index in [4.69, 9.17) is 42.3 Å². The van der Waals surface area contributed by atoms with Crippen LogP contribution < -0.4 is 54.5 Å². The highest BCUT2D eigenvalue weighted by atomic mass is 16.6. The lowest BCUT2D eigenvalue weighted by Crippen LogP contribution is -2.33. The fraction of sp³-hybridized carbons (Fsp3) is 0.300. The Labute approximate surface area is 215 Å². The topological polar surface area (TPSA) is 283 Å². The third kappa shape index (κ3) is 9.20. The molecule has 0 aromatic carbocycles. The molecule has 0 fully saturated rings. The minimum absolute atomic E-state index is 0.0972. The van der Waals surface area contributed by atoms with Gasteiger partial charge in [-0.2, -0.15) is 0 Å². The average Bonchev–Trinajstić information content (AvgIpc) is 2.95. The molecular weight excluding hydrogens is 508 g/mol. The molecule has 0 atom stereocenters. The standard InChI is InChI=1S/C20H28N10O8/c21-27-17(31)13-7-11(8-14(25-13)18(32)28-22)37-5-3-35-1-2-36-4-6-38-12-9-15(19(33)29-23)26-16(10-12)20(34)30-24/h7-10H,1-6,21-24H2,(H,27,31)(H,28,32)(H,29,33)(H,30,34). The number of ether oxygens (including phenoxy) is 4. The van der Waals surface area contributed by atoms with Gasteiger partial charge in [-0.25, -0.2) is 33.3 Å². The van der Waals surface area contributed by atoms with Crippen molar-refractivity contribution < 1.29 is 38.1 Å². The largest absolute Gasteiger partial charge is 0.491 e. The monoisotopic (exact) mass is 536 g/mol. The van der Waals surface area contributed by atoms with E-state index in [9.17, 15) is 19.2 Å². The van der Waals surface area contributed by atoms with Gasteiger partial charge in [0.15, 0.2) is 0 Å². The molecule has 18 heteroatoms. The Kier molecular flexibility index (Phi) is 12.2. The molecule has 2 aromatic rings. The van der Waals surface area contributed by atoms with E-state index in [0.29, 0.717) is 0 Å². The number of carbonyl (C=O) groups excluding carboxylic acids is 4. The number of nitrogens with one attached hydrogen (secondary N) is 4. The molecule has 206 valence electrons. The quantitative estimate of drug-likeness (QED) is 0.0472. The van der Waals surface area contributed by atoms with Crippen molar-refractivity contribution in [1.82, 2.24) is 31.7 Å². The van der Waals surface area contributed by atoms with Crippen LogP contribution in [-0.2, 0) is 9.47 Å². The second-order valence-electron chi connectivity index (χ2n) is 6.96. The van der Waals surface area contributed by atoms with Gasteiger partial charge in [-0.3, -0.25) is 40.9 Å². The highest BCUT2D eigenvalue weighted by molar-refractivity contribution is 5.97. The van der Waals surface area contributed by atoms with Gasteiger partial charge in [0.25, 0.3) is 23.6 Å². The van der Waals surface area contributed by atoms with Gasteiger partial charge in [0.05, 0.1) is 26.4 Å². The van der Waals surface area contributed by atoms with Gasteiger partial charge in [0.1, 0.15) is 47.5 Å². The van der Waals surface area contributed by atoms with Crippen molar-refractivity contribution in [3.63, 3.8) is 0 Å². The first-order chi connectivity index (χ1) is 18.3. The molecule has 0 spiro atoms. The molecule has 0 saturated heterocycles. The number of nitrogens with two attached hydrogens (primary N) is 4. The number of nitrogen functional groups attached to an aromatic ring is 4. The molecule has 0 bridgehead atoms. The van der Waals surface area contributed by atoms with Crippen LogP contribution >= 0.6 is 0 Å². The molecule has 2 rings (SSSR count). The molecule has 2 aromatic heterocycles. The van der Waals surface area contributed by atoms with E-state index in [1.165, 1.54) is 24.3 Å². The Balaban J connectivity index is 1.71. The Morgan fingerprint density at radius 2 is 0.789 bits per heavy atom. The van der Waals surface area contributed by atoms with E-state index < -0.39 is 23.6 Å². The summed E-state index contributed by atoms with van der Waals surface area (Å²) >= 11 is 0. The van der Waals surface area contributed by atoms with Gasteiger partial charge in [0.2, 0.25) is 0 Å². The molecule has 12 N–H and O–H groups in total. The molecule has 0 radical (unpaired) electrons. The van der Waals surface area contributed by atoms with Crippen molar-refractivity contribution in [2.24, 2.45) is 23.4 Å². The SMILES string of the molecule is NNC(=O)c1cc(OCCOCCOCCOc2cc(C(=O)NN)nc(C(=O)NN)c2)cc(C(=O)NN)n1. The molecule has 0 aliphatic carbocycles. The number of carbonyl (C=O) groups is 4. The Hall–Kier alpha value is -4.46. The molecule has 18 nitrogen and oxygen atoms in total. The highest BCUT2D eigenvalue weighted by Gasteiger charge is 2.15. The van der Waals surface area contributed by atoms with Crippen molar-refractivity contribution in [1.29, 1.82) is 0 Å². The first-order valence-electron chi connectivity index (χ1n) is 10.8. The second kappa shape index (κ2) is 15.6. The maximum Gasteiger partial charge on any atom is 0.283 e. The van der Waals surface area contributed by atoms with E-state index >= 15 is 0 Å². The molecular formula is C20H28N10O8. The summed E-state index contributed by atoms with van der Waals surface area (Å²) in [4.78, 5) is 54.6. The molecule has 0 aliphatic rings. The van der Waals surface area contributed by atoms with Gasteiger partial charge in [-0.1, -0.05) is 0 Å². The van der Waals surface area contributed by atoms with Crippen molar-refractivity contribution in [2.75, 3.05) is 39.6 Å². The summed E-state index contributed by atoms with van der Waals surface area (Å²) in [7, 11) is 0. The van der Waals surface area contributed by atoms with Crippen LogP contribution in [0.4, 0.5) is 0 Å². The van der Waals surface area contributed by atoms with Crippen LogP contribution in [-0.4, -0.2) is 73.2 Å². The number of rotatable bonds is 15. The Bertz CT molecular complexity index is 977. The van der Waals surface area contributed by atoms with Crippen LogP contribution in [0, 0.1) is 0 Å². The third-order valence-corrected chi connectivity index (χ3v) is 4.42. The first kappa shape index (κ1) is 29.8. The second-order valence-corrected chi connectivity index (χ2v) is 6.96. The summed E-state index contributed by atoms with van der Waals surface area (Å²) in [5.74, 6) is 17.9. The lowest BCUT2D eigenvalue weighted by atomic mass is 10.2. The van der Waals surface area contributed by atoms with Crippen molar-refractivity contribution in [2.45, 2.75) is 0 Å². The Morgan fingerprint density at radius 3 is 1.05 bits per heavy atom. The number of hydrogen-bond donors (Lipinski definition) is 8. The van der Waals surface area contributed by atoms with Crippen LogP contribution in [0.2, 0.25) is 0 Å². The fourth-order valence-electron chi connectivity index (χ4n) is 2.70. The van der Waals surface area contributed by atoms with Crippen LogP contribution in [0.3, 0.4) is 0 Å². The van der Waals surface area contributed by atoms with Gasteiger partial charge in [-0.15, -0.1) is 0 Å².